The number of hydrogen-bond acceptors (Lipinski definition) is 4. The molecule has 0 aliphatic carbocycles. The van der Waals surface area contributed by atoms with Gasteiger partial charge in [-0.1, -0.05) is 67.9 Å². The van der Waals surface area contributed by atoms with Gasteiger partial charge in [0.25, 0.3) is 5.91 Å². The highest BCUT2D eigenvalue weighted by atomic mass is 35.5. The van der Waals surface area contributed by atoms with E-state index >= 15 is 0 Å². The van der Waals surface area contributed by atoms with Crippen molar-refractivity contribution in [3.63, 3.8) is 0 Å². The zero-order valence-electron chi connectivity index (χ0n) is 16.8. The topological polar surface area (TPSA) is 89.4 Å². The number of hydrogen-bond donors (Lipinski definition) is 2. The maximum atomic E-state index is 13.0. The van der Waals surface area contributed by atoms with E-state index in [-0.39, 0.29) is 5.92 Å². The summed E-state index contributed by atoms with van der Waals surface area (Å²) in [5, 5.41) is 0.607. The quantitative estimate of drug-likeness (QED) is 0.691. The van der Waals surface area contributed by atoms with Crippen LogP contribution in [0.5, 0.6) is 0 Å². The second-order valence-corrected chi connectivity index (χ2v) is 7.88. The van der Waals surface area contributed by atoms with Gasteiger partial charge in [0, 0.05) is 11.2 Å². The van der Waals surface area contributed by atoms with E-state index in [0.717, 1.165) is 16.0 Å². The first-order valence-corrected chi connectivity index (χ1v) is 10.0. The van der Waals surface area contributed by atoms with Crippen molar-refractivity contribution in [3.8, 4) is 0 Å². The van der Waals surface area contributed by atoms with Crippen molar-refractivity contribution in [1.82, 2.24) is 4.90 Å². The normalized spacial score (nSPS) is 13.4. The fourth-order valence-corrected chi connectivity index (χ4v) is 3.03. The van der Waals surface area contributed by atoms with Crippen LogP contribution >= 0.6 is 11.6 Å². The average molecular weight is 414 g/mol. The Morgan fingerprint density at radius 2 is 1.55 bits per heavy atom. The fourth-order valence-electron chi connectivity index (χ4n) is 2.91. The summed E-state index contributed by atoms with van der Waals surface area (Å²) >= 11 is 5.90. The van der Waals surface area contributed by atoms with Gasteiger partial charge in [-0.2, -0.15) is 0 Å². The summed E-state index contributed by atoms with van der Waals surface area (Å²) < 4.78 is 0. The number of nitrogens with two attached hydrogens (primary N) is 2. The Kier molecular flexibility index (Phi) is 8.58. The van der Waals surface area contributed by atoms with E-state index in [2.05, 4.69) is 0 Å². The SMILES string of the molecule is CC(C)C[C@H](N)C(=O)N(C=Cc1ccccc1)C(=O)[C@@H](N)Cc1ccc(Cl)cc1. The molecule has 0 heterocycles. The third-order valence-corrected chi connectivity index (χ3v) is 4.67. The molecule has 0 aromatic heterocycles. The molecule has 0 spiro atoms. The highest BCUT2D eigenvalue weighted by Crippen LogP contribution is 2.14. The lowest BCUT2D eigenvalue weighted by Crippen LogP contribution is -2.50. The van der Waals surface area contributed by atoms with E-state index in [1.54, 1.807) is 18.2 Å². The minimum absolute atomic E-state index is 0.228. The van der Waals surface area contributed by atoms with Gasteiger partial charge < -0.3 is 11.5 Å². The predicted octanol–water partition coefficient (Wildman–Crippen LogP) is 3.61. The van der Waals surface area contributed by atoms with Crippen LogP contribution in [0.15, 0.2) is 60.8 Å². The van der Waals surface area contributed by atoms with E-state index in [1.807, 2.05) is 56.3 Å². The van der Waals surface area contributed by atoms with Crippen LogP contribution in [0, 0.1) is 5.92 Å². The third-order valence-electron chi connectivity index (χ3n) is 4.42. The average Bonchev–Trinajstić information content (AvgIpc) is 2.69. The lowest BCUT2D eigenvalue weighted by Gasteiger charge is -2.24. The molecule has 2 amide bonds. The highest BCUT2D eigenvalue weighted by Gasteiger charge is 2.29. The number of amides is 2. The molecule has 154 valence electrons. The largest absolute Gasteiger partial charge is 0.320 e. The van der Waals surface area contributed by atoms with E-state index < -0.39 is 23.9 Å². The first-order valence-electron chi connectivity index (χ1n) is 9.63. The van der Waals surface area contributed by atoms with Crippen LogP contribution in [0.3, 0.4) is 0 Å². The molecular weight excluding hydrogens is 386 g/mol. The van der Waals surface area contributed by atoms with Crippen molar-refractivity contribution in [2.75, 3.05) is 0 Å². The zero-order chi connectivity index (χ0) is 21.4. The number of benzene rings is 2. The number of rotatable bonds is 8. The number of imide groups is 1. The molecule has 0 aliphatic heterocycles. The van der Waals surface area contributed by atoms with Crippen molar-refractivity contribution in [2.24, 2.45) is 17.4 Å². The number of halogens is 1. The van der Waals surface area contributed by atoms with E-state index in [4.69, 9.17) is 23.1 Å². The Bertz CT molecular complexity index is 835. The fraction of sp³-hybridized carbons (Fsp3) is 0.304. The molecule has 29 heavy (non-hydrogen) atoms. The van der Waals surface area contributed by atoms with Crippen LogP contribution in [-0.4, -0.2) is 28.8 Å². The van der Waals surface area contributed by atoms with Crippen molar-refractivity contribution >= 4 is 29.5 Å². The summed E-state index contributed by atoms with van der Waals surface area (Å²) in [6.07, 6.45) is 3.93. The molecule has 6 heteroatoms. The minimum Gasteiger partial charge on any atom is -0.320 e. The van der Waals surface area contributed by atoms with Gasteiger partial charge in [-0.3, -0.25) is 14.5 Å². The summed E-state index contributed by atoms with van der Waals surface area (Å²) in [4.78, 5) is 27.0. The summed E-state index contributed by atoms with van der Waals surface area (Å²) in [5.41, 5.74) is 13.9. The second-order valence-electron chi connectivity index (χ2n) is 7.45. The Morgan fingerprint density at radius 1 is 0.966 bits per heavy atom. The standard InChI is InChI=1S/C23H28ClN3O2/c1-16(2)14-20(25)22(28)27(13-12-17-6-4-3-5-7-17)23(29)21(26)15-18-8-10-19(24)11-9-18/h3-13,16,20-21H,14-15,25-26H2,1-2H3/t20-,21-/m0/s1. The van der Waals surface area contributed by atoms with Crippen molar-refractivity contribution < 1.29 is 9.59 Å². The van der Waals surface area contributed by atoms with Gasteiger partial charge in [-0.05, 0) is 48.1 Å². The van der Waals surface area contributed by atoms with Gasteiger partial charge >= 0.3 is 0 Å². The molecular formula is C23H28ClN3O2. The van der Waals surface area contributed by atoms with Crippen LogP contribution in [0.1, 0.15) is 31.4 Å². The molecule has 0 aliphatic rings. The Balaban J connectivity index is 2.21. The monoisotopic (exact) mass is 413 g/mol. The van der Waals surface area contributed by atoms with Gasteiger partial charge in [0.1, 0.15) is 0 Å². The number of nitrogens with zero attached hydrogens (tertiary/aromatic N) is 1. The van der Waals surface area contributed by atoms with Crippen LogP contribution in [0.4, 0.5) is 0 Å². The molecule has 0 saturated carbocycles. The van der Waals surface area contributed by atoms with Crippen molar-refractivity contribution in [2.45, 2.75) is 38.8 Å². The lowest BCUT2D eigenvalue weighted by atomic mass is 10.0. The van der Waals surface area contributed by atoms with E-state index in [9.17, 15) is 9.59 Å². The minimum atomic E-state index is -0.883. The summed E-state index contributed by atoms with van der Waals surface area (Å²) in [7, 11) is 0. The van der Waals surface area contributed by atoms with Crippen LogP contribution in [0.25, 0.3) is 6.08 Å². The zero-order valence-corrected chi connectivity index (χ0v) is 17.5. The first kappa shape index (κ1) is 22.8. The molecule has 0 radical (unpaired) electrons. The number of carbonyl (C=O) groups excluding carboxylic acids is 2. The van der Waals surface area contributed by atoms with Gasteiger partial charge in [0.05, 0.1) is 12.1 Å². The summed E-state index contributed by atoms with van der Waals surface area (Å²) in [5.74, 6) is -0.717. The van der Waals surface area contributed by atoms with E-state index in [1.165, 1.54) is 6.20 Å². The Labute approximate surface area is 177 Å². The summed E-state index contributed by atoms with van der Waals surface area (Å²) in [6, 6.07) is 14.9. The highest BCUT2D eigenvalue weighted by molar-refractivity contribution is 6.30. The lowest BCUT2D eigenvalue weighted by molar-refractivity contribution is -0.143. The molecule has 2 atom stereocenters. The molecule has 0 unspecified atom stereocenters. The Morgan fingerprint density at radius 3 is 2.14 bits per heavy atom. The first-order chi connectivity index (χ1) is 13.8. The van der Waals surface area contributed by atoms with Crippen molar-refractivity contribution in [3.05, 3.63) is 76.9 Å². The van der Waals surface area contributed by atoms with Crippen LogP contribution in [0.2, 0.25) is 5.02 Å². The maximum Gasteiger partial charge on any atom is 0.250 e. The van der Waals surface area contributed by atoms with Crippen LogP contribution in [-0.2, 0) is 16.0 Å². The molecule has 0 fully saturated rings. The Hall–Kier alpha value is -2.47. The van der Waals surface area contributed by atoms with Gasteiger partial charge in [-0.25, -0.2) is 0 Å². The smallest absolute Gasteiger partial charge is 0.250 e. The molecule has 0 saturated heterocycles. The predicted molar refractivity (Wildman–Crippen MR) is 118 cm³/mol. The molecule has 4 N–H and O–H groups in total. The van der Waals surface area contributed by atoms with Crippen LogP contribution < -0.4 is 11.5 Å². The molecule has 5 nitrogen and oxygen atoms in total. The summed E-state index contributed by atoms with van der Waals surface area (Å²) in [6.45, 7) is 3.96. The molecule has 2 aromatic rings. The van der Waals surface area contributed by atoms with E-state index in [0.29, 0.717) is 17.9 Å². The van der Waals surface area contributed by atoms with Gasteiger partial charge in [-0.15, -0.1) is 0 Å². The second kappa shape index (κ2) is 10.9. The van der Waals surface area contributed by atoms with Gasteiger partial charge in [0.2, 0.25) is 5.91 Å². The van der Waals surface area contributed by atoms with Gasteiger partial charge in [0.15, 0.2) is 0 Å². The third kappa shape index (κ3) is 7.13. The number of carbonyl (C=O) groups is 2. The molecule has 2 rings (SSSR count). The molecule has 0 bridgehead atoms. The molecule has 2 aromatic carbocycles. The maximum absolute atomic E-state index is 13.0. The van der Waals surface area contributed by atoms with Crippen molar-refractivity contribution in [1.29, 1.82) is 0 Å².